The van der Waals surface area contributed by atoms with E-state index in [0.29, 0.717) is 23.4 Å². The van der Waals surface area contributed by atoms with Gasteiger partial charge in [0.05, 0.1) is 5.92 Å². The summed E-state index contributed by atoms with van der Waals surface area (Å²) in [4.78, 5) is 40.6. The Morgan fingerprint density at radius 1 is 0.829 bits per heavy atom. The molecular formula is C29H30N2O4. The predicted molar refractivity (Wildman–Crippen MR) is 135 cm³/mol. The number of likely N-dealkylation sites (tertiary alicyclic amines) is 1. The van der Waals surface area contributed by atoms with Crippen LogP contribution >= 0.6 is 0 Å². The van der Waals surface area contributed by atoms with Gasteiger partial charge in [0.2, 0.25) is 5.91 Å². The third-order valence-electron chi connectivity index (χ3n) is 5.96. The van der Waals surface area contributed by atoms with E-state index in [4.69, 9.17) is 4.74 Å². The lowest BCUT2D eigenvalue weighted by atomic mass is 9.88. The van der Waals surface area contributed by atoms with Crippen LogP contribution in [0.2, 0.25) is 0 Å². The molecule has 6 nitrogen and oxygen atoms in total. The molecular weight excluding hydrogens is 440 g/mol. The highest BCUT2D eigenvalue weighted by Gasteiger charge is 2.41. The van der Waals surface area contributed by atoms with Crippen LogP contribution in [0.5, 0.6) is 0 Å². The zero-order valence-corrected chi connectivity index (χ0v) is 20.2. The van der Waals surface area contributed by atoms with Crippen molar-refractivity contribution >= 4 is 23.5 Å². The molecule has 0 bridgehead atoms. The summed E-state index contributed by atoms with van der Waals surface area (Å²) in [5, 5.41) is 2.97. The molecule has 0 unspecified atom stereocenters. The molecule has 35 heavy (non-hydrogen) atoms. The predicted octanol–water partition coefficient (Wildman–Crippen LogP) is 5.51. The Bertz CT molecular complexity index is 1200. The number of benzene rings is 3. The number of ether oxygens (including phenoxy) is 1. The normalized spacial score (nSPS) is 17.6. The van der Waals surface area contributed by atoms with Crippen LogP contribution in [-0.2, 0) is 9.53 Å². The number of anilines is 1. The number of rotatable bonds is 5. The minimum absolute atomic E-state index is 0.110. The van der Waals surface area contributed by atoms with E-state index in [2.05, 4.69) is 5.32 Å². The molecule has 1 fully saturated rings. The maximum atomic E-state index is 13.4. The van der Waals surface area contributed by atoms with Crippen LogP contribution in [0.4, 0.5) is 10.5 Å². The van der Waals surface area contributed by atoms with E-state index in [-0.39, 0.29) is 24.2 Å². The first-order valence-corrected chi connectivity index (χ1v) is 11.7. The van der Waals surface area contributed by atoms with Crippen LogP contribution in [0.3, 0.4) is 0 Å². The summed E-state index contributed by atoms with van der Waals surface area (Å²) < 4.78 is 5.55. The van der Waals surface area contributed by atoms with Crippen molar-refractivity contribution in [2.24, 2.45) is 5.92 Å². The standard InChI is InChI=1S/C29H30N2O4/c1-29(2,3)35-28(34)31-18-24(20-11-6-4-7-12-20)25(19-31)27(33)30-23-16-10-15-22(17-23)26(32)21-13-8-5-9-14-21/h4-17,24-25H,18-19H2,1-3H3,(H,30,33)/t24-,25+/m0/s1. The second kappa shape index (κ2) is 10.1. The van der Waals surface area contributed by atoms with Gasteiger partial charge in [-0.2, -0.15) is 0 Å². The van der Waals surface area contributed by atoms with Crippen LogP contribution < -0.4 is 5.32 Å². The van der Waals surface area contributed by atoms with Gasteiger partial charge in [0.15, 0.2) is 5.78 Å². The van der Waals surface area contributed by atoms with Crippen molar-refractivity contribution in [2.75, 3.05) is 18.4 Å². The highest BCUT2D eigenvalue weighted by atomic mass is 16.6. The molecule has 4 rings (SSSR count). The summed E-state index contributed by atoms with van der Waals surface area (Å²) in [6.07, 6.45) is -0.427. The molecule has 2 atom stereocenters. The number of carbonyl (C=O) groups is 3. The van der Waals surface area contributed by atoms with E-state index in [1.165, 1.54) is 0 Å². The highest BCUT2D eigenvalue weighted by molar-refractivity contribution is 6.09. The number of hydrogen-bond acceptors (Lipinski definition) is 4. The van der Waals surface area contributed by atoms with Gasteiger partial charge in [-0.1, -0.05) is 72.8 Å². The van der Waals surface area contributed by atoms with Crippen molar-refractivity contribution < 1.29 is 19.1 Å². The van der Waals surface area contributed by atoms with Crippen molar-refractivity contribution in [3.05, 3.63) is 102 Å². The van der Waals surface area contributed by atoms with Crippen molar-refractivity contribution in [1.29, 1.82) is 0 Å². The van der Waals surface area contributed by atoms with Gasteiger partial charge in [-0.05, 0) is 38.5 Å². The summed E-state index contributed by atoms with van der Waals surface area (Å²) in [5.41, 5.74) is 2.00. The monoisotopic (exact) mass is 470 g/mol. The molecule has 0 aliphatic carbocycles. The summed E-state index contributed by atoms with van der Waals surface area (Å²) in [6, 6.07) is 25.7. The van der Waals surface area contributed by atoms with Crippen LogP contribution in [0.25, 0.3) is 0 Å². The van der Waals surface area contributed by atoms with Gasteiger partial charge >= 0.3 is 6.09 Å². The lowest BCUT2D eigenvalue weighted by Crippen LogP contribution is -2.36. The fraction of sp³-hybridized carbons (Fsp3) is 0.276. The lowest BCUT2D eigenvalue weighted by Gasteiger charge is -2.24. The van der Waals surface area contributed by atoms with E-state index in [9.17, 15) is 14.4 Å². The van der Waals surface area contributed by atoms with Gasteiger partial charge in [0.25, 0.3) is 0 Å². The van der Waals surface area contributed by atoms with Gasteiger partial charge in [-0.15, -0.1) is 0 Å². The minimum atomic E-state index is -0.620. The molecule has 1 saturated heterocycles. The molecule has 180 valence electrons. The largest absolute Gasteiger partial charge is 0.444 e. The Morgan fingerprint density at radius 3 is 2.11 bits per heavy atom. The van der Waals surface area contributed by atoms with Gasteiger partial charge in [0, 0.05) is 35.8 Å². The maximum Gasteiger partial charge on any atom is 0.410 e. The Balaban J connectivity index is 1.54. The van der Waals surface area contributed by atoms with Gasteiger partial charge in [-0.3, -0.25) is 9.59 Å². The first-order valence-electron chi connectivity index (χ1n) is 11.7. The van der Waals surface area contributed by atoms with E-state index in [1.807, 2.05) is 69.3 Å². The molecule has 0 spiro atoms. The Morgan fingerprint density at radius 2 is 1.46 bits per heavy atom. The van der Waals surface area contributed by atoms with Crippen LogP contribution in [0.1, 0.15) is 48.2 Å². The number of nitrogens with one attached hydrogen (secondary N) is 1. The quantitative estimate of drug-likeness (QED) is 0.499. The van der Waals surface area contributed by atoms with Crippen molar-refractivity contribution in [2.45, 2.75) is 32.3 Å². The summed E-state index contributed by atoms with van der Waals surface area (Å²) in [5.74, 6) is -0.939. The fourth-order valence-corrected chi connectivity index (χ4v) is 4.31. The molecule has 0 aromatic heterocycles. The highest BCUT2D eigenvalue weighted by Crippen LogP contribution is 2.34. The van der Waals surface area contributed by atoms with Gasteiger partial charge in [-0.25, -0.2) is 4.79 Å². The molecule has 3 aromatic carbocycles. The Hall–Kier alpha value is -3.93. The second-order valence-electron chi connectivity index (χ2n) is 9.77. The van der Waals surface area contributed by atoms with Crippen LogP contribution in [0, 0.1) is 5.92 Å². The summed E-state index contributed by atoms with van der Waals surface area (Å²) >= 11 is 0. The number of nitrogens with zero attached hydrogens (tertiary/aromatic N) is 1. The number of ketones is 1. The average Bonchev–Trinajstić information content (AvgIpc) is 3.30. The molecule has 0 radical (unpaired) electrons. The molecule has 1 aliphatic rings. The van der Waals surface area contributed by atoms with Crippen molar-refractivity contribution in [3.8, 4) is 0 Å². The zero-order valence-electron chi connectivity index (χ0n) is 20.2. The maximum absolute atomic E-state index is 13.4. The Kier molecular flexibility index (Phi) is 7.01. The third kappa shape index (κ3) is 5.96. The van der Waals surface area contributed by atoms with Crippen LogP contribution in [-0.4, -0.2) is 41.4 Å². The van der Waals surface area contributed by atoms with Crippen molar-refractivity contribution in [3.63, 3.8) is 0 Å². The minimum Gasteiger partial charge on any atom is -0.444 e. The molecule has 2 amide bonds. The van der Waals surface area contributed by atoms with E-state index < -0.39 is 17.6 Å². The average molecular weight is 471 g/mol. The number of hydrogen-bond donors (Lipinski definition) is 1. The molecule has 1 heterocycles. The third-order valence-corrected chi connectivity index (χ3v) is 5.96. The molecule has 0 saturated carbocycles. The number of amides is 2. The SMILES string of the molecule is CC(C)(C)OC(=O)N1C[C@@H](C(=O)Nc2cccc(C(=O)c3ccccc3)c2)[C@H](c2ccccc2)C1. The lowest BCUT2D eigenvalue weighted by molar-refractivity contribution is -0.119. The Labute approximate surface area is 205 Å². The van der Waals surface area contributed by atoms with E-state index >= 15 is 0 Å². The van der Waals surface area contributed by atoms with Crippen molar-refractivity contribution in [1.82, 2.24) is 4.90 Å². The van der Waals surface area contributed by atoms with Gasteiger partial charge in [0.1, 0.15) is 5.60 Å². The first-order chi connectivity index (χ1) is 16.7. The molecule has 6 heteroatoms. The van der Waals surface area contributed by atoms with Gasteiger partial charge < -0.3 is 15.0 Å². The fourth-order valence-electron chi connectivity index (χ4n) is 4.31. The van der Waals surface area contributed by atoms with E-state index in [0.717, 1.165) is 5.56 Å². The van der Waals surface area contributed by atoms with E-state index in [1.54, 1.807) is 41.3 Å². The molecule has 1 N–H and O–H groups in total. The topological polar surface area (TPSA) is 75.7 Å². The zero-order chi connectivity index (χ0) is 25.0. The molecule has 3 aromatic rings. The first kappa shape index (κ1) is 24.2. The second-order valence-corrected chi connectivity index (χ2v) is 9.77. The smallest absolute Gasteiger partial charge is 0.410 e. The van der Waals surface area contributed by atoms with Crippen LogP contribution in [0.15, 0.2) is 84.9 Å². The summed E-state index contributed by atoms with van der Waals surface area (Å²) in [6.45, 7) is 6.11. The summed E-state index contributed by atoms with van der Waals surface area (Å²) in [7, 11) is 0. The molecule has 1 aliphatic heterocycles. The number of carbonyl (C=O) groups excluding carboxylic acids is 3.